The maximum atomic E-state index is 12.2. The number of likely N-dealkylation sites (tertiary alicyclic amines) is 1. The first-order chi connectivity index (χ1) is 7.97. The van der Waals surface area contributed by atoms with Gasteiger partial charge in [-0.25, -0.2) is 9.59 Å². The van der Waals surface area contributed by atoms with E-state index in [0.29, 0.717) is 26.1 Å². The molecule has 1 N–H and O–H groups in total. The summed E-state index contributed by atoms with van der Waals surface area (Å²) in [5.74, 6) is -0.915. The molecule has 5 heteroatoms. The summed E-state index contributed by atoms with van der Waals surface area (Å²) in [5.41, 5.74) is 0.895. The summed E-state index contributed by atoms with van der Waals surface area (Å²) < 4.78 is 0. The third-order valence-electron chi connectivity index (χ3n) is 2.90. The number of carbonyl (C=O) groups excluding carboxylic acids is 1. The minimum atomic E-state index is -0.915. The highest BCUT2D eigenvalue weighted by molar-refractivity contribution is 5.83. The summed E-state index contributed by atoms with van der Waals surface area (Å²) >= 11 is 0. The molecule has 1 fully saturated rings. The molecule has 0 aromatic carbocycles. The molecule has 17 heavy (non-hydrogen) atoms. The van der Waals surface area contributed by atoms with Gasteiger partial charge in [-0.05, 0) is 26.7 Å². The van der Waals surface area contributed by atoms with Crippen LogP contribution in [0.15, 0.2) is 12.2 Å². The van der Waals surface area contributed by atoms with Crippen molar-refractivity contribution in [2.75, 3.05) is 19.6 Å². The van der Waals surface area contributed by atoms with Gasteiger partial charge in [-0.1, -0.05) is 12.2 Å². The molecule has 1 heterocycles. The van der Waals surface area contributed by atoms with E-state index in [2.05, 4.69) is 6.58 Å². The van der Waals surface area contributed by atoms with Gasteiger partial charge in [-0.15, -0.1) is 0 Å². The predicted molar refractivity (Wildman–Crippen MR) is 64.8 cm³/mol. The van der Waals surface area contributed by atoms with Crippen LogP contribution in [0.2, 0.25) is 0 Å². The standard InChI is InChI=1S/C12H20N2O3/c1-4-13(8-9(2)3)12(17)14-7-5-6-10(14)11(15)16/h10H,2,4-8H2,1,3H3,(H,15,16)/t10-/m0/s1. The normalized spacial score (nSPS) is 19.2. The zero-order valence-corrected chi connectivity index (χ0v) is 10.5. The van der Waals surface area contributed by atoms with E-state index >= 15 is 0 Å². The molecule has 0 bridgehead atoms. The monoisotopic (exact) mass is 240 g/mol. The fourth-order valence-electron chi connectivity index (χ4n) is 2.07. The fraction of sp³-hybridized carbons (Fsp3) is 0.667. The number of aliphatic carboxylic acids is 1. The lowest BCUT2D eigenvalue weighted by Gasteiger charge is -2.29. The van der Waals surface area contributed by atoms with Crippen LogP contribution in [0.4, 0.5) is 4.79 Å². The Hall–Kier alpha value is -1.52. The SMILES string of the molecule is C=C(C)CN(CC)C(=O)N1CCC[C@H]1C(=O)O. The molecule has 0 saturated carbocycles. The molecule has 0 spiro atoms. The minimum Gasteiger partial charge on any atom is -0.480 e. The van der Waals surface area contributed by atoms with Crippen molar-refractivity contribution in [2.24, 2.45) is 0 Å². The van der Waals surface area contributed by atoms with Gasteiger partial charge in [0.05, 0.1) is 0 Å². The number of rotatable bonds is 4. The van der Waals surface area contributed by atoms with Crippen LogP contribution < -0.4 is 0 Å². The maximum absolute atomic E-state index is 12.2. The van der Waals surface area contributed by atoms with E-state index in [1.54, 1.807) is 4.90 Å². The summed E-state index contributed by atoms with van der Waals surface area (Å²) in [7, 11) is 0. The smallest absolute Gasteiger partial charge is 0.326 e. The zero-order valence-electron chi connectivity index (χ0n) is 10.5. The van der Waals surface area contributed by atoms with Crippen molar-refractivity contribution < 1.29 is 14.7 Å². The van der Waals surface area contributed by atoms with Gasteiger partial charge in [0.25, 0.3) is 0 Å². The Balaban J connectivity index is 2.73. The van der Waals surface area contributed by atoms with Gasteiger partial charge in [-0.3, -0.25) is 0 Å². The van der Waals surface area contributed by atoms with Crippen LogP contribution in [-0.2, 0) is 4.79 Å². The van der Waals surface area contributed by atoms with Gasteiger partial charge in [0.1, 0.15) is 6.04 Å². The van der Waals surface area contributed by atoms with Gasteiger partial charge in [0.15, 0.2) is 0 Å². The van der Waals surface area contributed by atoms with Crippen LogP contribution in [0.25, 0.3) is 0 Å². The molecule has 1 aliphatic heterocycles. The largest absolute Gasteiger partial charge is 0.480 e. The lowest BCUT2D eigenvalue weighted by molar-refractivity contribution is -0.141. The summed E-state index contributed by atoms with van der Waals surface area (Å²) in [6, 6.07) is -0.859. The molecular formula is C12H20N2O3. The Labute approximate surface area is 102 Å². The molecule has 0 aromatic heterocycles. The van der Waals surface area contributed by atoms with E-state index in [9.17, 15) is 9.59 Å². The molecule has 1 atom stereocenters. The Morgan fingerprint density at radius 3 is 2.65 bits per heavy atom. The Kier molecular flexibility index (Phi) is 4.54. The number of hydrogen-bond acceptors (Lipinski definition) is 2. The molecule has 1 saturated heterocycles. The first kappa shape index (κ1) is 13.5. The number of carboxylic acids is 1. The molecule has 5 nitrogen and oxygen atoms in total. The summed E-state index contributed by atoms with van der Waals surface area (Å²) in [6.45, 7) is 9.09. The van der Waals surface area contributed by atoms with Crippen molar-refractivity contribution >= 4 is 12.0 Å². The van der Waals surface area contributed by atoms with Crippen molar-refractivity contribution in [3.05, 3.63) is 12.2 Å². The molecule has 2 amide bonds. The van der Waals surface area contributed by atoms with Crippen LogP contribution in [0.1, 0.15) is 26.7 Å². The summed E-state index contributed by atoms with van der Waals surface area (Å²) in [6.07, 6.45) is 1.30. The summed E-state index contributed by atoms with van der Waals surface area (Å²) in [5, 5.41) is 9.04. The van der Waals surface area contributed by atoms with E-state index < -0.39 is 12.0 Å². The molecule has 1 aliphatic rings. The van der Waals surface area contributed by atoms with E-state index in [-0.39, 0.29) is 6.03 Å². The Morgan fingerprint density at radius 2 is 2.18 bits per heavy atom. The first-order valence-electron chi connectivity index (χ1n) is 5.90. The van der Waals surface area contributed by atoms with Crippen molar-refractivity contribution in [1.29, 1.82) is 0 Å². The second kappa shape index (κ2) is 5.70. The number of urea groups is 1. The van der Waals surface area contributed by atoms with Crippen LogP contribution in [0.3, 0.4) is 0 Å². The van der Waals surface area contributed by atoms with Crippen molar-refractivity contribution in [2.45, 2.75) is 32.7 Å². The van der Waals surface area contributed by atoms with Gasteiger partial charge >= 0.3 is 12.0 Å². The number of carboxylic acid groups (broad SMARTS) is 1. The average Bonchev–Trinajstić information content (AvgIpc) is 2.73. The molecule has 0 unspecified atom stereocenters. The quantitative estimate of drug-likeness (QED) is 0.758. The average molecular weight is 240 g/mol. The highest BCUT2D eigenvalue weighted by Gasteiger charge is 2.35. The van der Waals surface area contributed by atoms with Gasteiger partial charge in [-0.2, -0.15) is 0 Å². The van der Waals surface area contributed by atoms with E-state index in [0.717, 1.165) is 12.0 Å². The molecule has 0 aromatic rings. The zero-order chi connectivity index (χ0) is 13.0. The minimum absolute atomic E-state index is 0.194. The fourth-order valence-corrected chi connectivity index (χ4v) is 2.07. The van der Waals surface area contributed by atoms with Crippen molar-refractivity contribution in [1.82, 2.24) is 9.80 Å². The third kappa shape index (κ3) is 3.22. The van der Waals surface area contributed by atoms with Crippen molar-refractivity contribution in [3.8, 4) is 0 Å². The third-order valence-corrected chi connectivity index (χ3v) is 2.90. The second-order valence-electron chi connectivity index (χ2n) is 4.44. The lowest BCUT2D eigenvalue weighted by atomic mass is 10.2. The van der Waals surface area contributed by atoms with Gasteiger partial charge < -0.3 is 14.9 Å². The van der Waals surface area contributed by atoms with E-state index in [1.165, 1.54) is 4.90 Å². The van der Waals surface area contributed by atoms with Crippen molar-refractivity contribution in [3.63, 3.8) is 0 Å². The lowest BCUT2D eigenvalue weighted by Crippen LogP contribution is -2.48. The number of carbonyl (C=O) groups is 2. The second-order valence-corrected chi connectivity index (χ2v) is 4.44. The predicted octanol–water partition coefficient (Wildman–Crippen LogP) is 1.55. The van der Waals surface area contributed by atoms with E-state index in [4.69, 9.17) is 5.11 Å². The topological polar surface area (TPSA) is 60.9 Å². The number of nitrogens with zero attached hydrogens (tertiary/aromatic N) is 2. The summed E-state index contributed by atoms with van der Waals surface area (Å²) in [4.78, 5) is 26.3. The first-order valence-corrected chi connectivity index (χ1v) is 5.90. The molecular weight excluding hydrogens is 220 g/mol. The van der Waals surface area contributed by atoms with E-state index in [1.807, 2.05) is 13.8 Å². The van der Waals surface area contributed by atoms with Gasteiger partial charge in [0, 0.05) is 19.6 Å². The number of likely N-dealkylation sites (N-methyl/N-ethyl adjacent to an activating group) is 1. The van der Waals surface area contributed by atoms with Crippen LogP contribution in [-0.4, -0.2) is 52.6 Å². The molecule has 0 aliphatic carbocycles. The number of amides is 2. The van der Waals surface area contributed by atoms with Crippen LogP contribution in [0, 0.1) is 0 Å². The Morgan fingerprint density at radius 1 is 1.53 bits per heavy atom. The van der Waals surface area contributed by atoms with Crippen LogP contribution >= 0.6 is 0 Å². The highest BCUT2D eigenvalue weighted by atomic mass is 16.4. The maximum Gasteiger partial charge on any atom is 0.326 e. The van der Waals surface area contributed by atoms with Gasteiger partial charge in [0.2, 0.25) is 0 Å². The molecule has 96 valence electrons. The molecule has 1 rings (SSSR count). The number of hydrogen-bond donors (Lipinski definition) is 1. The van der Waals surface area contributed by atoms with Crippen LogP contribution in [0.5, 0.6) is 0 Å². The highest BCUT2D eigenvalue weighted by Crippen LogP contribution is 2.19. The molecule has 0 radical (unpaired) electrons. The Bertz CT molecular complexity index is 328.